The molecule has 1 atom stereocenters. The number of piperidine rings is 1. The molecule has 1 unspecified atom stereocenters. The molecule has 17 heavy (non-hydrogen) atoms. The molecule has 0 amide bonds. The molecule has 1 N–H and O–H groups in total. The maximum Gasteiger partial charge on any atom is 0.0447 e. The predicted molar refractivity (Wildman–Crippen MR) is 78.8 cm³/mol. The van der Waals surface area contributed by atoms with Crippen molar-refractivity contribution in [1.82, 2.24) is 10.4 Å². The number of rotatable bonds is 3. The van der Waals surface area contributed by atoms with E-state index in [2.05, 4.69) is 67.4 Å². The molecule has 0 spiro atoms. The maximum atomic E-state index is 3.62. The fraction of sp³-hybridized carbons (Fsp3) is 0.538. The van der Waals surface area contributed by atoms with Crippen LogP contribution in [0.4, 0.5) is 0 Å². The van der Waals surface area contributed by atoms with Crippen molar-refractivity contribution >= 4 is 31.9 Å². The van der Waals surface area contributed by atoms with Gasteiger partial charge >= 0.3 is 0 Å². The summed E-state index contributed by atoms with van der Waals surface area (Å²) in [7, 11) is 0. The first kappa shape index (κ1) is 13.5. The highest BCUT2D eigenvalue weighted by molar-refractivity contribution is 9.11. The zero-order valence-electron chi connectivity index (χ0n) is 10.0. The zero-order chi connectivity index (χ0) is 12.3. The molecule has 0 aliphatic carbocycles. The van der Waals surface area contributed by atoms with Crippen molar-refractivity contribution in [2.24, 2.45) is 0 Å². The van der Waals surface area contributed by atoms with Gasteiger partial charge in [-0.3, -0.25) is 0 Å². The van der Waals surface area contributed by atoms with Gasteiger partial charge in [0.2, 0.25) is 0 Å². The van der Waals surface area contributed by atoms with Crippen molar-refractivity contribution in [1.29, 1.82) is 0 Å². The topological polar surface area (TPSA) is 15.3 Å². The van der Waals surface area contributed by atoms with E-state index in [1.165, 1.54) is 37.9 Å². The van der Waals surface area contributed by atoms with E-state index in [1.807, 2.05) is 0 Å². The molecule has 2 nitrogen and oxygen atoms in total. The van der Waals surface area contributed by atoms with Crippen LogP contribution < -0.4 is 5.43 Å². The van der Waals surface area contributed by atoms with E-state index in [9.17, 15) is 0 Å². The minimum atomic E-state index is 0.343. The van der Waals surface area contributed by atoms with Gasteiger partial charge in [-0.1, -0.05) is 44.3 Å². The van der Waals surface area contributed by atoms with Gasteiger partial charge in [-0.05, 0) is 37.5 Å². The predicted octanol–water partition coefficient (Wildman–Crippen LogP) is 4.26. The zero-order valence-corrected chi connectivity index (χ0v) is 13.2. The summed E-state index contributed by atoms with van der Waals surface area (Å²) in [5.74, 6) is 0. The van der Waals surface area contributed by atoms with E-state index in [-0.39, 0.29) is 0 Å². The third-order valence-electron chi connectivity index (χ3n) is 3.16. The van der Waals surface area contributed by atoms with Crippen LogP contribution in [0.25, 0.3) is 0 Å². The Morgan fingerprint density at radius 2 is 1.88 bits per heavy atom. The summed E-state index contributed by atoms with van der Waals surface area (Å²) in [5, 5.41) is 2.35. The number of benzene rings is 1. The Bertz CT molecular complexity index is 376. The largest absolute Gasteiger partial charge is 0.248 e. The minimum Gasteiger partial charge on any atom is -0.248 e. The molecule has 1 aliphatic heterocycles. The Hall–Kier alpha value is 0.1000. The van der Waals surface area contributed by atoms with E-state index < -0.39 is 0 Å². The third-order valence-corrected chi connectivity index (χ3v) is 4.34. The Morgan fingerprint density at radius 1 is 1.18 bits per heavy atom. The smallest absolute Gasteiger partial charge is 0.0447 e. The summed E-state index contributed by atoms with van der Waals surface area (Å²) in [5.41, 5.74) is 4.89. The summed E-state index contributed by atoms with van der Waals surface area (Å²) in [6, 6.07) is 6.70. The maximum absolute atomic E-state index is 3.62. The van der Waals surface area contributed by atoms with Gasteiger partial charge in [-0.2, -0.15) is 0 Å². The average Bonchev–Trinajstić information content (AvgIpc) is 2.30. The summed E-state index contributed by atoms with van der Waals surface area (Å²) in [6.07, 6.45) is 3.98. The van der Waals surface area contributed by atoms with Gasteiger partial charge in [0.05, 0.1) is 0 Å². The van der Waals surface area contributed by atoms with E-state index in [0.29, 0.717) is 6.04 Å². The number of nitrogens with one attached hydrogen (secondary N) is 1. The lowest BCUT2D eigenvalue weighted by Crippen LogP contribution is -2.42. The van der Waals surface area contributed by atoms with Gasteiger partial charge in [-0.25, -0.2) is 10.4 Å². The lowest BCUT2D eigenvalue weighted by molar-refractivity contribution is 0.133. The molecule has 1 aliphatic rings. The Balaban J connectivity index is 2.00. The molecule has 1 heterocycles. The van der Waals surface area contributed by atoms with E-state index in [4.69, 9.17) is 0 Å². The van der Waals surface area contributed by atoms with Crippen LogP contribution in [0.2, 0.25) is 0 Å². The van der Waals surface area contributed by atoms with Gasteiger partial charge in [-0.15, -0.1) is 0 Å². The molecule has 0 saturated carbocycles. The minimum absolute atomic E-state index is 0.343. The van der Waals surface area contributed by atoms with E-state index in [1.54, 1.807) is 0 Å². The van der Waals surface area contributed by atoms with E-state index >= 15 is 0 Å². The van der Waals surface area contributed by atoms with Gasteiger partial charge in [0.25, 0.3) is 0 Å². The molecule has 4 heteroatoms. The fourth-order valence-electron chi connectivity index (χ4n) is 2.22. The first-order valence-corrected chi connectivity index (χ1v) is 7.71. The van der Waals surface area contributed by atoms with Crippen molar-refractivity contribution < 1.29 is 0 Å². The first-order chi connectivity index (χ1) is 8.16. The van der Waals surface area contributed by atoms with Crippen LogP contribution in [0, 0.1) is 0 Å². The third kappa shape index (κ3) is 3.78. The number of hydrogen-bond donors (Lipinski definition) is 1. The quantitative estimate of drug-likeness (QED) is 0.865. The molecule has 0 radical (unpaired) electrons. The Kier molecular flexibility index (Phi) is 5.03. The second kappa shape index (κ2) is 6.32. The normalized spacial score (nSPS) is 19.2. The molecule has 0 bridgehead atoms. The van der Waals surface area contributed by atoms with Crippen molar-refractivity contribution in [2.45, 2.75) is 32.2 Å². The molecular weight excluding hydrogens is 344 g/mol. The van der Waals surface area contributed by atoms with Crippen LogP contribution in [-0.2, 0) is 0 Å². The molecule has 2 rings (SSSR count). The first-order valence-electron chi connectivity index (χ1n) is 6.13. The molecule has 1 aromatic carbocycles. The molecular formula is C13H18Br2N2. The van der Waals surface area contributed by atoms with Crippen LogP contribution in [-0.4, -0.2) is 18.1 Å². The second-order valence-corrected chi connectivity index (χ2v) is 6.33. The summed E-state index contributed by atoms with van der Waals surface area (Å²) >= 11 is 7.11. The lowest BCUT2D eigenvalue weighted by atomic mass is 10.1. The van der Waals surface area contributed by atoms with Gasteiger partial charge in [0, 0.05) is 28.1 Å². The fourth-order valence-corrected chi connectivity index (χ4v) is 3.61. The molecule has 1 saturated heterocycles. The van der Waals surface area contributed by atoms with Crippen molar-refractivity contribution in [3.8, 4) is 0 Å². The molecule has 94 valence electrons. The summed E-state index contributed by atoms with van der Waals surface area (Å²) in [4.78, 5) is 0. The van der Waals surface area contributed by atoms with Crippen LogP contribution in [0.5, 0.6) is 0 Å². The molecule has 0 aromatic heterocycles. The molecule has 1 aromatic rings. The van der Waals surface area contributed by atoms with Crippen molar-refractivity contribution in [2.75, 3.05) is 13.1 Å². The highest BCUT2D eigenvalue weighted by Gasteiger charge is 2.15. The van der Waals surface area contributed by atoms with Crippen molar-refractivity contribution in [3.05, 3.63) is 32.7 Å². The van der Waals surface area contributed by atoms with Crippen LogP contribution >= 0.6 is 31.9 Å². The number of hydrogen-bond acceptors (Lipinski definition) is 2. The van der Waals surface area contributed by atoms with Crippen LogP contribution in [0.15, 0.2) is 27.1 Å². The monoisotopic (exact) mass is 360 g/mol. The molecule has 1 fully saturated rings. The highest BCUT2D eigenvalue weighted by Crippen LogP contribution is 2.27. The second-order valence-electron chi connectivity index (χ2n) is 4.56. The number of hydrazine groups is 1. The van der Waals surface area contributed by atoms with Crippen molar-refractivity contribution in [3.63, 3.8) is 0 Å². The summed E-state index contributed by atoms with van der Waals surface area (Å²) < 4.78 is 2.27. The van der Waals surface area contributed by atoms with Crippen LogP contribution in [0.1, 0.15) is 37.8 Å². The highest BCUT2D eigenvalue weighted by atomic mass is 79.9. The standard InChI is InChI=1S/C13H18Br2N2/c1-10(16-17-7-3-2-4-8-17)12-6-5-11(14)9-13(12)15/h5-6,9-10,16H,2-4,7-8H2,1H3. The van der Waals surface area contributed by atoms with Crippen LogP contribution in [0.3, 0.4) is 0 Å². The van der Waals surface area contributed by atoms with E-state index in [0.717, 1.165) is 8.95 Å². The average molecular weight is 362 g/mol. The number of nitrogens with zero attached hydrogens (tertiary/aromatic N) is 1. The Labute approximate surface area is 120 Å². The van der Waals surface area contributed by atoms with Gasteiger partial charge < -0.3 is 0 Å². The lowest BCUT2D eigenvalue weighted by Gasteiger charge is -2.30. The SMILES string of the molecule is CC(NN1CCCCC1)c1ccc(Br)cc1Br. The van der Waals surface area contributed by atoms with Gasteiger partial charge in [0.15, 0.2) is 0 Å². The van der Waals surface area contributed by atoms with Gasteiger partial charge in [0.1, 0.15) is 0 Å². The number of halogens is 2. The summed E-state index contributed by atoms with van der Waals surface area (Å²) in [6.45, 7) is 4.54. The Morgan fingerprint density at radius 3 is 2.53 bits per heavy atom.